The van der Waals surface area contributed by atoms with Crippen LogP contribution in [0.2, 0.25) is 4.34 Å². The zero-order valence-electron chi connectivity index (χ0n) is 11.3. The summed E-state index contributed by atoms with van der Waals surface area (Å²) in [5.74, 6) is 0. The summed E-state index contributed by atoms with van der Waals surface area (Å²) in [6, 6.07) is 3.53. The number of amides is 2. The summed E-state index contributed by atoms with van der Waals surface area (Å²) in [7, 11) is 0. The lowest BCUT2D eigenvalue weighted by molar-refractivity contribution is 0.233. The molecule has 0 aliphatic carbocycles. The molecule has 0 unspecified atom stereocenters. The number of aromatic nitrogens is 2. The van der Waals surface area contributed by atoms with Gasteiger partial charge in [0.25, 0.3) is 0 Å². The largest absolute Gasteiger partial charge is 0.335 e. The van der Waals surface area contributed by atoms with Crippen LogP contribution in [-0.4, -0.2) is 21.6 Å². The second kappa shape index (κ2) is 6.76. The maximum atomic E-state index is 11.9. The predicted octanol–water partition coefficient (Wildman–Crippen LogP) is 3.05. The Morgan fingerprint density at radius 2 is 2.25 bits per heavy atom. The van der Waals surface area contributed by atoms with Gasteiger partial charge < -0.3 is 15.2 Å². The Morgan fingerprint density at radius 1 is 1.45 bits per heavy atom. The van der Waals surface area contributed by atoms with Gasteiger partial charge in [-0.05, 0) is 26.0 Å². The topological polar surface area (TPSA) is 59.0 Å². The third kappa shape index (κ3) is 4.25. The van der Waals surface area contributed by atoms with Crippen LogP contribution in [0, 0.1) is 0 Å². The van der Waals surface area contributed by atoms with E-state index in [0.29, 0.717) is 6.54 Å². The van der Waals surface area contributed by atoms with Gasteiger partial charge in [-0.2, -0.15) is 0 Å². The van der Waals surface area contributed by atoms with Crippen LogP contribution in [0.3, 0.4) is 0 Å². The monoisotopic (exact) mass is 312 g/mol. The normalized spacial score (nSPS) is 13.8. The summed E-state index contributed by atoms with van der Waals surface area (Å²) < 4.78 is 2.65. The van der Waals surface area contributed by atoms with Crippen LogP contribution in [-0.2, 0) is 6.54 Å². The third-order valence-electron chi connectivity index (χ3n) is 2.79. The van der Waals surface area contributed by atoms with Gasteiger partial charge in [0, 0.05) is 29.9 Å². The lowest BCUT2D eigenvalue weighted by atomic mass is 10.3. The zero-order valence-corrected chi connectivity index (χ0v) is 12.9. The molecule has 2 aromatic heterocycles. The summed E-state index contributed by atoms with van der Waals surface area (Å²) in [6.07, 6.45) is 5.31. The molecule has 2 amide bonds. The molecule has 2 atom stereocenters. The van der Waals surface area contributed by atoms with Crippen molar-refractivity contribution in [3.63, 3.8) is 0 Å². The van der Waals surface area contributed by atoms with Crippen LogP contribution >= 0.6 is 22.9 Å². The van der Waals surface area contributed by atoms with Gasteiger partial charge in [0.2, 0.25) is 0 Å². The van der Waals surface area contributed by atoms with Crippen LogP contribution in [0.25, 0.3) is 0 Å². The van der Waals surface area contributed by atoms with E-state index >= 15 is 0 Å². The SMILES string of the molecule is C[C@H](Cn1ccnc1)NC(=O)N[C@@H](C)c1ccc(Cl)s1. The molecule has 0 saturated carbocycles. The van der Waals surface area contributed by atoms with E-state index in [0.717, 1.165) is 9.21 Å². The average molecular weight is 313 g/mol. The van der Waals surface area contributed by atoms with Gasteiger partial charge in [0.1, 0.15) is 0 Å². The van der Waals surface area contributed by atoms with E-state index in [1.54, 1.807) is 12.5 Å². The number of carbonyl (C=O) groups is 1. The Bertz CT molecular complexity index is 554. The molecule has 0 aliphatic rings. The molecule has 0 aromatic carbocycles. The highest BCUT2D eigenvalue weighted by Crippen LogP contribution is 2.26. The molecule has 0 radical (unpaired) electrons. The van der Waals surface area contributed by atoms with Gasteiger partial charge in [0.15, 0.2) is 0 Å². The minimum atomic E-state index is -0.186. The van der Waals surface area contributed by atoms with E-state index in [-0.39, 0.29) is 18.1 Å². The molecule has 2 N–H and O–H groups in total. The van der Waals surface area contributed by atoms with E-state index < -0.39 is 0 Å². The number of carbonyl (C=O) groups excluding carboxylic acids is 1. The molecule has 2 rings (SSSR count). The first kappa shape index (κ1) is 14.9. The molecule has 7 heteroatoms. The van der Waals surface area contributed by atoms with Crippen LogP contribution in [0.4, 0.5) is 4.79 Å². The molecule has 0 fully saturated rings. The maximum Gasteiger partial charge on any atom is 0.315 e. The minimum absolute atomic E-state index is 0.0170. The minimum Gasteiger partial charge on any atom is -0.335 e. The molecule has 5 nitrogen and oxygen atoms in total. The molecule has 0 bridgehead atoms. The fourth-order valence-electron chi connectivity index (χ4n) is 1.85. The fourth-order valence-corrected chi connectivity index (χ4v) is 2.91. The molecule has 0 spiro atoms. The molecule has 20 heavy (non-hydrogen) atoms. The third-order valence-corrected chi connectivity index (χ3v) is 4.20. The lowest BCUT2D eigenvalue weighted by Crippen LogP contribution is -2.43. The summed E-state index contributed by atoms with van der Waals surface area (Å²) in [5.41, 5.74) is 0. The Morgan fingerprint density at radius 3 is 2.85 bits per heavy atom. The van der Waals surface area contributed by atoms with Crippen molar-refractivity contribution in [1.82, 2.24) is 20.2 Å². The van der Waals surface area contributed by atoms with Gasteiger partial charge in [-0.25, -0.2) is 9.78 Å². The summed E-state index contributed by atoms with van der Waals surface area (Å²) in [4.78, 5) is 16.9. The van der Waals surface area contributed by atoms with Crippen LogP contribution in [0.15, 0.2) is 30.9 Å². The molecule has 2 aromatic rings. The molecule has 0 aliphatic heterocycles. The van der Waals surface area contributed by atoms with Crippen molar-refractivity contribution in [2.45, 2.75) is 32.5 Å². The van der Waals surface area contributed by atoms with E-state index in [4.69, 9.17) is 11.6 Å². The van der Waals surface area contributed by atoms with E-state index in [1.807, 2.05) is 36.7 Å². The first-order valence-corrected chi connectivity index (χ1v) is 7.52. The highest BCUT2D eigenvalue weighted by molar-refractivity contribution is 7.16. The van der Waals surface area contributed by atoms with Crippen molar-refractivity contribution >= 4 is 29.0 Å². The number of nitrogens with one attached hydrogen (secondary N) is 2. The van der Waals surface area contributed by atoms with Crippen LogP contribution < -0.4 is 10.6 Å². The Labute approximate surface area is 127 Å². The second-order valence-electron chi connectivity index (χ2n) is 4.64. The molecule has 2 heterocycles. The number of thiophene rings is 1. The number of halogens is 1. The average Bonchev–Trinajstić information content (AvgIpc) is 3.00. The fraction of sp³-hybridized carbons (Fsp3) is 0.385. The van der Waals surface area contributed by atoms with Crippen LogP contribution in [0.1, 0.15) is 24.8 Å². The number of nitrogens with zero attached hydrogens (tertiary/aromatic N) is 2. The number of hydrogen-bond donors (Lipinski definition) is 2. The summed E-state index contributed by atoms with van der Waals surface area (Å²) in [5, 5.41) is 5.80. The quantitative estimate of drug-likeness (QED) is 0.891. The van der Waals surface area contributed by atoms with Crippen LogP contribution in [0.5, 0.6) is 0 Å². The smallest absolute Gasteiger partial charge is 0.315 e. The Kier molecular flexibility index (Phi) is 5.03. The van der Waals surface area contributed by atoms with E-state index in [1.165, 1.54) is 11.3 Å². The van der Waals surface area contributed by atoms with E-state index in [9.17, 15) is 4.79 Å². The van der Waals surface area contributed by atoms with Crippen molar-refractivity contribution < 1.29 is 4.79 Å². The van der Waals surface area contributed by atoms with Gasteiger partial charge in [-0.1, -0.05) is 11.6 Å². The number of rotatable bonds is 5. The lowest BCUT2D eigenvalue weighted by Gasteiger charge is -2.17. The number of hydrogen-bond acceptors (Lipinski definition) is 3. The molecule has 108 valence electrons. The summed E-state index contributed by atoms with van der Waals surface area (Å²) >= 11 is 7.36. The van der Waals surface area contributed by atoms with Crippen molar-refractivity contribution in [1.29, 1.82) is 0 Å². The second-order valence-corrected chi connectivity index (χ2v) is 6.39. The molecule has 0 saturated heterocycles. The maximum absolute atomic E-state index is 11.9. The van der Waals surface area contributed by atoms with Gasteiger partial charge in [-0.15, -0.1) is 11.3 Å². The van der Waals surface area contributed by atoms with Gasteiger partial charge in [-0.3, -0.25) is 0 Å². The van der Waals surface area contributed by atoms with Gasteiger partial charge in [0.05, 0.1) is 16.7 Å². The predicted molar refractivity (Wildman–Crippen MR) is 81.1 cm³/mol. The highest BCUT2D eigenvalue weighted by Gasteiger charge is 2.13. The van der Waals surface area contributed by atoms with Crippen molar-refractivity contribution in [3.05, 3.63) is 40.1 Å². The number of urea groups is 1. The first-order valence-electron chi connectivity index (χ1n) is 6.32. The Balaban J connectivity index is 1.80. The van der Waals surface area contributed by atoms with Crippen molar-refractivity contribution in [3.8, 4) is 0 Å². The van der Waals surface area contributed by atoms with E-state index in [2.05, 4.69) is 15.6 Å². The van der Waals surface area contributed by atoms with Crippen molar-refractivity contribution in [2.24, 2.45) is 0 Å². The standard InChI is InChI=1S/C13H17ClN4OS/c1-9(7-18-6-5-15-8-18)16-13(19)17-10(2)11-3-4-12(14)20-11/h3-6,8-10H,7H2,1-2H3,(H2,16,17,19)/t9-,10+/m1/s1. The molecular weight excluding hydrogens is 296 g/mol. The molecular formula is C13H17ClN4OS. The Hall–Kier alpha value is -1.53. The highest BCUT2D eigenvalue weighted by atomic mass is 35.5. The summed E-state index contributed by atoms with van der Waals surface area (Å²) in [6.45, 7) is 4.57. The zero-order chi connectivity index (χ0) is 14.5. The van der Waals surface area contributed by atoms with Crippen molar-refractivity contribution in [2.75, 3.05) is 0 Å². The van der Waals surface area contributed by atoms with Gasteiger partial charge >= 0.3 is 6.03 Å². The first-order chi connectivity index (χ1) is 9.54. The number of imidazole rings is 1.